The maximum absolute atomic E-state index is 12.2. The quantitative estimate of drug-likeness (QED) is 0.732. The molecule has 2 heterocycles. The van der Waals surface area contributed by atoms with Crippen LogP contribution in [-0.4, -0.2) is 28.8 Å². The van der Waals surface area contributed by atoms with Gasteiger partial charge in [-0.05, 0) is 30.3 Å². The van der Waals surface area contributed by atoms with Crippen LogP contribution in [0.15, 0.2) is 46.0 Å². The molecule has 0 amide bonds. The van der Waals surface area contributed by atoms with E-state index in [0.717, 1.165) is 0 Å². The molecule has 3 aromatic rings. The molecule has 0 saturated heterocycles. The number of methoxy groups -OCH3 is 2. The molecule has 0 spiro atoms. The second kappa shape index (κ2) is 5.36. The Morgan fingerprint density at radius 2 is 1.73 bits per heavy atom. The molecule has 22 heavy (non-hydrogen) atoms. The lowest BCUT2D eigenvalue weighted by atomic mass is 10.3. The van der Waals surface area contributed by atoms with Crippen LogP contribution in [0.4, 0.5) is 0 Å². The Kier molecular flexibility index (Phi) is 3.38. The van der Waals surface area contributed by atoms with Crippen LogP contribution in [0.1, 0.15) is 0 Å². The van der Waals surface area contributed by atoms with Crippen molar-refractivity contribution in [3.05, 3.63) is 57.1 Å². The van der Waals surface area contributed by atoms with Gasteiger partial charge in [0.2, 0.25) is 5.88 Å². The third-order valence-electron chi connectivity index (χ3n) is 3.25. The minimum Gasteiger partial charge on any atom is -0.497 e. The van der Waals surface area contributed by atoms with Gasteiger partial charge in [-0.2, -0.15) is 4.98 Å². The van der Waals surface area contributed by atoms with E-state index in [1.165, 1.54) is 11.7 Å². The monoisotopic (exact) mass is 299 g/mol. The molecule has 1 aromatic carbocycles. The van der Waals surface area contributed by atoms with Gasteiger partial charge in [0, 0.05) is 6.07 Å². The summed E-state index contributed by atoms with van der Waals surface area (Å²) in [6.07, 6.45) is 0. The smallest absolute Gasteiger partial charge is 0.322 e. The molecule has 7 heteroatoms. The molecule has 112 valence electrons. The Morgan fingerprint density at radius 3 is 2.36 bits per heavy atom. The van der Waals surface area contributed by atoms with Crippen LogP contribution in [0.5, 0.6) is 11.6 Å². The average molecular weight is 299 g/mol. The molecule has 1 N–H and O–H groups in total. The zero-order chi connectivity index (χ0) is 15.7. The van der Waals surface area contributed by atoms with Gasteiger partial charge in [0.1, 0.15) is 5.75 Å². The van der Waals surface area contributed by atoms with Crippen molar-refractivity contribution >= 4 is 11.2 Å². The summed E-state index contributed by atoms with van der Waals surface area (Å²) >= 11 is 0. The molecule has 0 atom stereocenters. The van der Waals surface area contributed by atoms with Gasteiger partial charge >= 0.3 is 11.1 Å². The highest BCUT2D eigenvalue weighted by molar-refractivity contribution is 5.72. The van der Waals surface area contributed by atoms with E-state index in [4.69, 9.17) is 9.47 Å². The van der Waals surface area contributed by atoms with Gasteiger partial charge in [0.05, 0.1) is 25.4 Å². The average Bonchev–Trinajstić information content (AvgIpc) is 2.56. The third-order valence-corrected chi connectivity index (χ3v) is 3.25. The molecule has 7 nitrogen and oxygen atoms in total. The van der Waals surface area contributed by atoms with Crippen molar-refractivity contribution in [1.82, 2.24) is 14.5 Å². The van der Waals surface area contributed by atoms with Crippen molar-refractivity contribution in [3.63, 3.8) is 0 Å². The van der Waals surface area contributed by atoms with Crippen LogP contribution in [0.25, 0.3) is 16.9 Å². The first-order valence-corrected chi connectivity index (χ1v) is 6.48. The largest absolute Gasteiger partial charge is 0.497 e. The van der Waals surface area contributed by atoms with Crippen molar-refractivity contribution in [2.24, 2.45) is 0 Å². The highest BCUT2D eigenvalue weighted by Crippen LogP contribution is 2.18. The number of ether oxygens (including phenoxy) is 2. The zero-order valence-corrected chi connectivity index (χ0v) is 12.0. The number of rotatable bonds is 3. The van der Waals surface area contributed by atoms with E-state index < -0.39 is 11.1 Å². The molecule has 2 aromatic heterocycles. The molecule has 0 radical (unpaired) electrons. The number of aromatic amines is 1. The molecule has 0 bridgehead atoms. The van der Waals surface area contributed by atoms with Crippen molar-refractivity contribution in [2.75, 3.05) is 14.2 Å². The van der Waals surface area contributed by atoms with Crippen LogP contribution >= 0.6 is 0 Å². The SMILES string of the molecule is COc1ccc(-n2c(=O)c(=O)[nH]c3ccc(OC)nc32)cc1. The Labute approximate surface area is 124 Å². The first kappa shape index (κ1) is 13.9. The van der Waals surface area contributed by atoms with Crippen molar-refractivity contribution in [1.29, 1.82) is 0 Å². The number of fused-ring (bicyclic) bond motifs is 1. The molecule has 0 aliphatic carbocycles. The molecular weight excluding hydrogens is 286 g/mol. The van der Waals surface area contributed by atoms with Crippen LogP contribution < -0.4 is 20.6 Å². The van der Waals surface area contributed by atoms with Crippen LogP contribution in [0.3, 0.4) is 0 Å². The summed E-state index contributed by atoms with van der Waals surface area (Å²) in [5.41, 5.74) is -0.147. The lowest BCUT2D eigenvalue weighted by Gasteiger charge is -2.10. The normalized spacial score (nSPS) is 10.6. The fraction of sp³-hybridized carbons (Fsp3) is 0.133. The zero-order valence-electron chi connectivity index (χ0n) is 12.0. The van der Waals surface area contributed by atoms with E-state index in [9.17, 15) is 9.59 Å². The minimum atomic E-state index is -0.713. The molecular formula is C15H13N3O4. The summed E-state index contributed by atoms with van der Waals surface area (Å²) in [5.74, 6) is 0.998. The number of hydrogen-bond acceptors (Lipinski definition) is 5. The van der Waals surface area contributed by atoms with E-state index in [-0.39, 0.29) is 0 Å². The fourth-order valence-corrected chi connectivity index (χ4v) is 2.16. The number of nitrogens with zero attached hydrogens (tertiary/aromatic N) is 2. The van der Waals surface area contributed by atoms with Crippen LogP contribution in [0.2, 0.25) is 0 Å². The molecule has 0 fully saturated rings. The summed E-state index contributed by atoms with van der Waals surface area (Å²) in [6.45, 7) is 0. The standard InChI is InChI=1S/C15H13N3O4/c1-21-10-5-3-9(4-6-10)18-13-11(16-14(19)15(18)20)7-8-12(17-13)22-2/h3-8H,1-2H3,(H,16,19). The van der Waals surface area contributed by atoms with Crippen molar-refractivity contribution in [2.45, 2.75) is 0 Å². The highest BCUT2D eigenvalue weighted by Gasteiger charge is 2.12. The predicted molar refractivity (Wildman–Crippen MR) is 81.1 cm³/mol. The maximum atomic E-state index is 12.2. The second-order valence-corrected chi connectivity index (χ2v) is 4.52. The summed E-state index contributed by atoms with van der Waals surface area (Å²) in [6, 6.07) is 10.0. The summed E-state index contributed by atoms with van der Waals surface area (Å²) < 4.78 is 11.4. The number of nitrogens with one attached hydrogen (secondary N) is 1. The van der Waals surface area contributed by atoms with Gasteiger partial charge in [-0.15, -0.1) is 0 Å². The van der Waals surface area contributed by atoms with E-state index in [0.29, 0.717) is 28.5 Å². The summed E-state index contributed by atoms with van der Waals surface area (Å²) in [5, 5.41) is 0. The first-order valence-electron chi connectivity index (χ1n) is 6.48. The van der Waals surface area contributed by atoms with Crippen LogP contribution in [0, 0.1) is 0 Å². The number of pyridine rings is 1. The second-order valence-electron chi connectivity index (χ2n) is 4.52. The molecule has 0 aliphatic heterocycles. The van der Waals surface area contributed by atoms with E-state index in [1.54, 1.807) is 43.5 Å². The predicted octanol–water partition coefficient (Wildman–Crippen LogP) is 1.09. The summed E-state index contributed by atoms with van der Waals surface area (Å²) in [7, 11) is 3.03. The van der Waals surface area contributed by atoms with Crippen molar-refractivity contribution in [3.8, 4) is 17.3 Å². The first-order chi connectivity index (χ1) is 10.6. The molecule has 3 rings (SSSR count). The van der Waals surface area contributed by atoms with E-state index in [2.05, 4.69) is 9.97 Å². The van der Waals surface area contributed by atoms with Crippen molar-refractivity contribution < 1.29 is 9.47 Å². The minimum absolute atomic E-state index is 0.314. The van der Waals surface area contributed by atoms with Gasteiger partial charge in [-0.3, -0.25) is 14.2 Å². The Balaban J connectivity index is 2.36. The number of benzene rings is 1. The lowest BCUT2D eigenvalue weighted by Crippen LogP contribution is -2.35. The van der Waals surface area contributed by atoms with Gasteiger partial charge in [0.15, 0.2) is 5.65 Å². The highest BCUT2D eigenvalue weighted by atomic mass is 16.5. The number of H-pyrrole nitrogens is 1. The van der Waals surface area contributed by atoms with E-state index in [1.807, 2.05) is 0 Å². The van der Waals surface area contributed by atoms with Gasteiger partial charge in [-0.1, -0.05) is 0 Å². The molecule has 0 saturated carbocycles. The fourth-order valence-electron chi connectivity index (χ4n) is 2.16. The molecule has 0 aliphatic rings. The Bertz CT molecular complexity index is 942. The summed E-state index contributed by atoms with van der Waals surface area (Å²) in [4.78, 5) is 30.8. The Morgan fingerprint density at radius 1 is 1.00 bits per heavy atom. The van der Waals surface area contributed by atoms with Gasteiger partial charge in [0.25, 0.3) is 0 Å². The van der Waals surface area contributed by atoms with Gasteiger partial charge in [-0.25, -0.2) is 0 Å². The molecule has 0 unspecified atom stereocenters. The van der Waals surface area contributed by atoms with Gasteiger partial charge < -0.3 is 14.5 Å². The van der Waals surface area contributed by atoms with E-state index >= 15 is 0 Å². The topological polar surface area (TPSA) is 86.2 Å². The number of hydrogen-bond donors (Lipinski definition) is 1. The maximum Gasteiger partial charge on any atom is 0.322 e. The Hall–Kier alpha value is -3.09. The lowest BCUT2D eigenvalue weighted by molar-refractivity contribution is 0.399. The number of aromatic nitrogens is 3. The third kappa shape index (κ3) is 2.22. The van der Waals surface area contributed by atoms with Crippen LogP contribution in [-0.2, 0) is 0 Å².